The molecule has 0 spiro atoms. The highest BCUT2D eigenvalue weighted by Gasteiger charge is 2.33. The van der Waals surface area contributed by atoms with Crippen LogP contribution in [0.3, 0.4) is 0 Å². The van der Waals surface area contributed by atoms with Crippen LogP contribution in [-0.2, 0) is 4.74 Å². The van der Waals surface area contributed by atoms with Crippen LogP contribution in [-0.4, -0.2) is 65.9 Å². The Kier molecular flexibility index (Phi) is 5.66. The van der Waals surface area contributed by atoms with E-state index in [0.717, 1.165) is 45.2 Å². The first-order valence-electron chi connectivity index (χ1n) is 7.95. The minimum atomic E-state index is -0.219. The molecule has 0 aromatic rings. The van der Waals surface area contributed by atoms with Gasteiger partial charge in [0.15, 0.2) is 0 Å². The minimum Gasteiger partial charge on any atom is -0.450 e. The predicted octanol–water partition coefficient (Wildman–Crippen LogP) is 1.84. The van der Waals surface area contributed by atoms with E-state index >= 15 is 0 Å². The van der Waals surface area contributed by atoms with Crippen LogP contribution in [0.2, 0.25) is 0 Å². The Morgan fingerprint density at radius 2 is 1.90 bits per heavy atom. The summed E-state index contributed by atoms with van der Waals surface area (Å²) in [4.78, 5) is 15.9. The number of likely N-dealkylation sites (tertiary alicyclic amines) is 1. The van der Waals surface area contributed by atoms with Crippen LogP contribution in [0, 0.1) is 0 Å². The lowest BCUT2D eigenvalue weighted by molar-refractivity contribution is -0.00148. The van der Waals surface area contributed by atoms with Crippen LogP contribution >= 0.6 is 0 Å². The number of piperidine rings is 1. The van der Waals surface area contributed by atoms with Gasteiger partial charge in [0.2, 0.25) is 0 Å². The second kappa shape index (κ2) is 7.27. The predicted molar refractivity (Wildman–Crippen MR) is 77.6 cm³/mol. The molecule has 1 saturated heterocycles. The second-order valence-corrected chi connectivity index (χ2v) is 6.00. The van der Waals surface area contributed by atoms with Crippen LogP contribution in [0.4, 0.5) is 4.79 Å². The molecule has 1 aliphatic heterocycles. The van der Waals surface area contributed by atoms with Crippen LogP contribution in [0.5, 0.6) is 0 Å². The van der Waals surface area contributed by atoms with Gasteiger partial charge in [-0.05, 0) is 32.6 Å². The molecule has 2 aliphatic rings. The molecule has 0 radical (unpaired) electrons. The number of carbonyl (C=O) groups excluding carboxylic acids is 1. The highest BCUT2D eigenvalue weighted by molar-refractivity contribution is 5.67. The molecule has 116 valence electrons. The van der Waals surface area contributed by atoms with Crippen LogP contribution in [0.1, 0.15) is 45.4 Å². The quantitative estimate of drug-likeness (QED) is 0.859. The number of nitrogens with zero attached hydrogens (tertiary/aromatic N) is 2. The van der Waals surface area contributed by atoms with E-state index in [0.29, 0.717) is 12.6 Å². The maximum Gasteiger partial charge on any atom is 0.409 e. The van der Waals surface area contributed by atoms with E-state index in [4.69, 9.17) is 4.74 Å². The zero-order valence-electron chi connectivity index (χ0n) is 12.8. The average Bonchev–Trinajstić information content (AvgIpc) is 2.47. The van der Waals surface area contributed by atoms with Crippen molar-refractivity contribution in [1.29, 1.82) is 0 Å². The molecule has 5 nitrogen and oxygen atoms in total. The fraction of sp³-hybridized carbons (Fsp3) is 0.933. The number of ether oxygens (including phenoxy) is 1. The van der Waals surface area contributed by atoms with Crippen LogP contribution in [0.15, 0.2) is 0 Å². The standard InChI is InChI=1S/C15H28N2O3/c1-3-20-15(19)16(2)12-8-10-17(11-9-12)13-6-4-5-7-14(13)18/h12-14,18H,3-11H2,1-2H3/t13-,14-/m0/s1. The lowest BCUT2D eigenvalue weighted by atomic mass is 9.89. The zero-order chi connectivity index (χ0) is 14.5. The Morgan fingerprint density at radius 1 is 1.25 bits per heavy atom. The van der Waals surface area contributed by atoms with Crippen molar-refractivity contribution in [1.82, 2.24) is 9.80 Å². The molecule has 2 rings (SSSR count). The molecule has 1 N–H and O–H groups in total. The van der Waals surface area contributed by atoms with E-state index in [2.05, 4.69) is 4.90 Å². The monoisotopic (exact) mass is 284 g/mol. The normalized spacial score (nSPS) is 29.1. The van der Waals surface area contributed by atoms with Gasteiger partial charge >= 0.3 is 6.09 Å². The molecule has 1 aliphatic carbocycles. The van der Waals surface area contributed by atoms with Crippen molar-refractivity contribution in [3.8, 4) is 0 Å². The summed E-state index contributed by atoms with van der Waals surface area (Å²) < 4.78 is 5.05. The Morgan fingerprint density at radius 3 is 2.50 bits per heavy atom. The van der Waals surface area contributed by atoms with Crippen LogP contribution < -0.4 is 0 Å². The van der Waals surface area contributed by atoms with Gasteiger partial charge in [-0.1, -0.05) is 12.8 Å². The first kappa shape index (κ1) is 15.6. The largest absolute Gasteiger partial charge is 0.450 e. The van der Waals surface area contributed by atoms with Gasteiger partial charge in [-0.25, -0.2) is 4.79 Å². The molecule has 0 aromatic carbocycles. The molecule has 1 heterocycles. The number of rotatable bonds is 3. The smallest absolute Gasteiger partial charge is 0.409 e. The maximum atomic E-state index is 11.7. The van der Waals surface area contributed by atoms with E-state index in [9.17, 15) is 9.90 Å². The average molecular weight is 284 g/mol. The van der Waals surface area contributed by atoms with Gasteiger partial charge in [0.1, 0.15) is 0 Å². The lowest BCUT2D eigenvalue weighted by Gasteiger charge is -2.43. The van der Waals surface area contributed by atoms with Crippen molar-refractivity contribution in [3.63, 3.8) is 0 Å². The van der Waals surface area contributed by atoms with Crippen molar-refractivity contribution in [2.45, 2.75) is 63.6 Å². The van der Waals surface area contributed by atoms with Crippen molar-refractivity contribution in [3.05, 3.63) is 0 Å². The minimum absolute atomic E-state index is 0.164. The summed E-state index contributed by atoms with van der Waals surface area (Å²) in [7, 11) is 1.83. The number of hydrogen-bond acceptors (Lipinski definition) is 4. The Hall–Kier alpha value is -0.810. The number of hydrogen-bond donors (Lipinski definition) is 1. The fourth-order valence-corrected chi connectivity index (χ4v) is 3.50. The van der Waals surface area contributed by atoms with E-state index < -0.39 is 0 Å². The fourth-order valence-electron chi connectivity index (χ4n) is 3.50. The summed E-state index contributed by atoms with van der Waals surface area (Å²) in [5, 5.41) is 10.1. The molecule has 1 saturated carbocycles. The molecule has 0 unspecified atom stereocenters. The number of carbonyl (C=O) groups is 1. The summed E-state index contributed by atoms with van der Waals surface area (Å²) in [5.74, 6) is 0. The lowest BCUT2D eigenvalue weighted by Crippen LogP contribution is -2.52. The first-order valence-corrected chi connectivity index (χ1v) is 7.95. The summed E-state index contributed by atoms with van der Waals surface area (Å²) in [6.07, 6.45) is 5.99. The molecular formula is C15H28N2O3. The molecule has 5 heteroatoms. The van der Waals surface area contributed by atoms with Crippen molar-refractivity contribution in [2.75, 3.05) is 26.7 Å². The number of amides is 1. The van der Waals surface area contributed by atoms with Crippen molar-refractivity contribution in [2.24, 2.45) is 0 Å². The third-order valence-corrected chi connectivity index (χ3v) is 4.77. The van der Waals surface area contributed by atoms with E-state index in [1.807, 2.05) is 14.0 Å². The van der Waals surface area contributed by atoms with E-state index in [1.165, 1.54) is 6.42 Å². The SMILES string of the molecule is CCOC(=O)N(C)C1CCN([C@H]2CCCC[C@@H]2O)CC1. The third kappa shape index (κ3) is 3.64. The topological polar surface area (TPSA) is 53.0 Å². The number of aliphatic hydroxyl groups excluding tert-OH is 1. The van der Waals surface area contributed by atoms with E-state index in [1.54, 1.807) is 4.90 Å². The Labute approximate surface area is 121 Å². The van der Waals surface area contributed by atoms with Gasteiger partial charge in [0.05, 0.1) is 12.7 Å². The van der Waals surface area contributed by atoms with E-state index in [-0.39, 0.29) is 18.2 Å². The Balaban J connectivity index is 1.81. The summed E-state index contributed by atoms with van der Waals surface area (Å²) >= 11 is 0. The molecule has 2 atom stereocenters. The first-order chi connectivity index (χ1) is 9.63. The number of aliphatic hydroxyl groups is 1. The van der Waals surface area contributed by atoms with Gasteiger partial charge in [0.25, 0.3) is 0 Å². The van der Waals surface area contributed by atoms with Gasteiger partial charge in [-0.3, -0.25) is 4.90 Å². The zero-order valence-corrected chi connectivity index (χ0v) is 12.8. The highest BCUT2D eigenvalue weighted by atomic mass is 16.6. The third-order valence-electron chi connectivity index (χ3n) is 4.77. The molecule has 20 heavy (non-hydrogen) atoms. The molecule has 0 bridgehead atoms. The second-order valence-electron chi connectivity index (χ2n) is 6.00. The maximum absolute atomic E-state index is 11.7. The summed E-state index contributed by atoms with van der Waals surface area (Å²) in [6, 6.07) is 0.601. The summed E-state index contributed by atoms with van der Waals surface area (Å²) in [6.45, 7) is 4.20. The summed E-state index contributed by atoms with van der Waals surface area (Å²) in [5.41, 5.74) is 0. The molecule has 2 fully saturated rings. The van der Waals surface area contributed by atoms with Gasteiger partial charge in [-0.15, -0.1) is 0 Å². The van der Waals surface area contributed by atoms with Crippen molar-refractivity contribution >= 4 is 6.09 Å². The van der Waals surface area contributed by atoms with Crippen LogP contribution in [0.25, 0.3) is 0 Å². The van der Waals surface area contributed by atoms with Gasteiger partial charge in [0, 0.05) is 32.2 Å². The molecular weight excluding hydrogens is 256 g/mol. The van der Waals surface area contributed by atoms with Gasteiger partial charge in [-0.2, -0.15) is 0 Å². The molecule has 1 amide bonds. The highest BCUT2D eigenvalue weighted by Crippen LogP contribution is 2.26. The van der Waals surface area contributed by atoms with Gasteiger partial charge < -0.3 is 14.7 Å². The molecule has 0 aromatic heterocycles. The Bertz CT molecular complexity index is 316. The van der Waals surface area contributed by atoms with Crippen molar-refractivity contribution < 1.29 is 14.6 Å².